The fraction of sp³-hybridized carbons (Fsp3) is 0.105. The number of hydrogen-bond acceptors (Lipinski definition) is 4. The maximum absolute atomic E-state index is 12.1. The van der Waals surface area contributed by atoms with Crippen LogP contribution in [0.15, 0.2) is 54.6 Å². The van der Waals surface area contributed by atoms with Gasteiger partial charge >= 0.3 is 0 Å². The SMILES string of the molecule is [CH2-]N([CH-]C(=O)NCc1ccc(C#N)cc1)C(=O)C(O)c1ccccc1.[Y]. The molecular formula is C19H17N3O3Y-2. The third kappa shape index (κ3) is 6.27. The summed E-state index contributed by atoms with van der Waals surface area (Å²) in [7, 11) is 3.47. The van der Waals surface area contributed by atoms with Crippen LogP contribution in [0.4, 0.5) is 0 Å². The Kier molecular flexibility index (Phi) is 9.01. The third-order valence-electron chi connectivity index (χ3n) is 3.46. The third-order valence-corrected chi connectivity index (χ3v) is 3.46. The molecule has 2 amide bonds. The topological polar surface area (TPSA) is 93.4 Å². The maximum Gasteiger partial charge on any atom is 0.202 e. The standard InChI is InChI=1S/C19H17N3O3.Y/c1-22(19(25)18(24)16-5-3-2-4-6-16)13-17(23)21-12-15-9-7-14(11-20)8-10-15;/h2-10,13,18,24H,1,12H2,(H,21,23);/q-2;. The molecule has 6 nitrogen and oxygen atoms in total. The van der Waals surface area contributed by atoms with Gasteiger partial charge in [-0.1, -0.05) is 42.5 Å². The number of nitrogens with zero attached hydrogens (tertiary/aromatic N) is 2. The van der Waals surface area contributed by atoms with E-state index in [0.717, 1.165) is 17.0 Å². The van der Waals surface area contributed by atoms with E-state index in [1.54, 1.807) is 54.6 Å². The first-order valence-corrected chi connectivity index (χ1v) is 7.49. The number of nitriles is 1. The molecule has 1 unspecified atom stereocenters. The van der Waals surface area contributed by atoms with Crippen LogP contribution in [0.5, 0.6) is 0 Å². The fourth-order valence-corrected chi connectivity index (χ4v) is 2.07. The Morgan fingerprint density at radius 3 is 2.38 bits per heavy atom. The van der Waals surface area contributed by atoms with Gasteiger partial charge in [0.05, 0.1) is 17.5 Å². The van der Waals surface area contributed by atoms with E-state index in [0.29, 0.717) is 11.1 Å². The zero-order chi connectivity index (χ0) is 18.2. The number of carbonyl (C=O) groups is 2. The first kappa shape index (κ1) is 21.8. The van der Waals surface area contributed by atoms with Crippen molar-refractivity contribution in [2.24, 2.45) is 0 Å². The van der Waals surface area contributed by atoms with Crippen LogP contribution in [0.3, 0.4) is 0 Å². The van der Waals surface area contributed by atoms with E-state index >= 15 is 0 Å². The Labute approximate surface area is 177 Å². The second-order valence-electron chi connectivity index (χ2n) is 5.28. The second kappa shape index (κ2) is 10.7. The minimum Gasteiger partial charge on any atom is -0.615 e. The van der Waals surface area contributed by atoms with Crippen molar-refractivity contribution in [3.05, 3.63) is 84.9 Å². The molecule has 7 heteroatoms. The van der Waals surface area contributed by atoms with Crippen LogP contribution in [0.1, 0.15) is 22.8 Å². The molecule has 0 aliphatic heterocycles. The molecule has 0 saturated carbocycles. The summed E-state index contributed by atoms with van der Waals surface area (Å²) in [6.07, 6.45) is -1.39. The first-order chi connectivity index (χ1) is 12.0. The van der Waals surface area contributed by atoms with E-state index in [1.807, 2.05) is 6.07 Å². The van der Waals surface area contributed by atoms with Gasteiger partial charge in [0, 0.05) is 39.3 Å². The zero-order valence-corrected chi connectivity index (χ0v) is 16.8. The van der Waals surface area contributed by atoms with Crippen LogP contribution in [0, 0.1) is 24.9 Å². The van der Waals surface area contributed by atoms with Gasteiger partial charge in [0.2, 0.25) is 5.91 Å². The number of carbonyl (C=O) groups excluding carboxylic acids is 2. The van der Waals surface area contributed by atoms with Crippen molar-refractivity contribution in [2.75, 3.05) is 0 Å². The average Bonchev–Trinajstić information content (AvgIpc) is 2.66. The summed E-state index contributed by atoms with van der Waals surface area (Å²) in [5.74, 6) is -1.23. The van der Waals surface area contributed by atoms with Crippen molar-refractivity contribution in [2.45, 2.75) is 12.6 Å². The molecule has 2 aromatic carbocycles. The molecule has 131 valence electrons. The molecule has 2 aromatic rings. The molecular weight excluding hydrogens is 407 g/mol. The van der Waals surface area contributed by atoms with Crippen molar-refractivity contribution in [3.63, 3.8) is 0 Å². The number of aliphatic hydroxyl groups excluding tert-OH is 1. The molecule has 0 bridgehead atoms. The van der Waals surface area contributed by atoms with Crippen LogP contribution >= 0.6 is 0 Å². The van der Waals surface area contributed by atoms with Gasteiger partial charge in [0.25, 0.3) is 0 Å². The summed E-state index contributed by atoms with van der Waals surface area (Å²) < 4.78 is 0. The zero-order valence-electron chi connectivity index (χ0n) is 14.0. The number of benzene rings is 2. The van der Waals surface area contributed by atoms with Crippen LogP contribution in [0.25, 0.3) is 0 Å². The fourth-order valence-electron chi connectivity index (χ4n) is 2.07. The van der Waals surface area contributed by atoms with Crippen LogP contribution in [-0.4, -0.2) is 21.8 Å². The van der Waals surface area contributed by atoms with E-state index in [4.69, 9.17) is 5.26 Å². The molecule has 1 radical (unpaired) electrons. The monoisotopic (exact) mass is 424 g/mol. The van der Waals surface area contributed by atoms with Gasteiger partial charge in [0.15, 0.2) is 6.10 Å². The van der Waals surface area contributed by atoms with Crippen molar-refractivity contribution >= 4 is 11.8 Å². The summed E-state index contributed by atoms with van der Waals surface area (Å²) in [5.41, 5.74) is 1.77. The normalized spacial score (nSPS) is 10.7. The Hall–Kier alpha value is -2.20. The van der Waals surface area contributed by atoms with E-state index in [9.17, 15) is 14.7 Å². The van der Waals surface area contributed by atoms with Crippen molar-refractivity contribution < 1.29 is 47.4 Å². The molecule has 2 rings (SSSR count). The Morgan fingerprint density at radius 2 is 1.81 bits per heavy atom. The van der Waals surface area contributed by atoms with Crippen LogP contribution in [0.2, 0.25) is 0 Å². The number of nitrogens with one attached hydrogen (secondary N) is 1. The first-order valence-electron chi connectivity index (χ1n) is 7.49. The van der Waals surface area contributed by atoms with E-state index < -0.39 is 17.9 Å². The summed E-state index contributed by atoms with van der Waals surface area (Å²) in [5, 5.41) is 21.4. The summed E-state index contributed by atoms with van der Waals surface area (Å²) >= 11 is 0. The Bertz CT molecular complexity index is 773. The molecule has 0 heterocycles. The predicted octanol–water partition coefficient (Wildman–Crippen LogP) is 1.69. The largest absolute Gasteiger partial charge is 0.615 e. The number of rotatable bonds is 6. The van der Waals surface area contributed by atoms with Gasteiger partial charge in [-0.3, -0.25) is 18.4 Å². The minimum atomic E-state index is -1.39. The molecule has 0 aliphatic carbocycles. The van der Waals surface area contributed by atoms with Gasteiger partial charge in [-0.05, 0) is 23.3 Å². The second-order valence-corrected chi connectivity index (χ2v) is 5.28. The number of aliphatic hydroxyl groups is 1. The van der Waals surface area contributed by atoms with Gasteiger partial charge in [0.1, 0.15) is 0 Å². The van der Waals surface area contributed by atoms with E-state index in [-0.39, 0.29) is 39.3 Å². The van der Waals surface area contributed by atoms with Crippen LogP contribution in [-0.2, 0) is 48.8 Å². The van der Waals surface area contributed by atoms with Crippen LogP contribution < -0.4 is 5.32 Å². The summed E-state index contributed by atoms with van der Waals surface area (Å²) in [6, 6.07) is 17.2. The summed E-state index contributed by atoms with van der Waals surface area (Å²) in [6.45, 7) is 1.22. The predicted molar refractivity (Wildman–Crippen MR) is 90.9 cm³/mol. The molecule has 0 spiro atoms. The van der Waals surface area contributed by atoms with Gasteiger partial charge in [-0.2, -0.15) is 5.26 Å². The van der Waals surface area contributed by atoms with E-state index in [1.165, 1.54) is 0 Å². The molecule has 0 aromatic heterocycles. The molecule has 0 aliphatic rings. The quantitative estimate of drug-likeness (QED) is 0.691. The number of hydrogen-bond donors (Lipinski definition) is 2. The van der Waals surface area contributed by atoms with Crippen molar-refractivity contribution in [3.8, 4) is 6.07 Å². The van der Waals surface area contributed by atoms with Gasteiger partial charge in [-0.25, -0.2) is 0 Å². The molecule has 26 heavy (non-hydrogen) atoms. The van der Waals surface area contributed by atoms with Gasteiger partial charge < -0.3 is 20.1 Å². The molecule has 2 N–H and O–H groups in total. The van der Waals surface area contributed by atoms with Gasteiger partial charge in [-0.15, -0.1) is 0 Å². The molecule has 0 saturated heterocycles. The average molecular weight is 424 g/mol. The Morgan fingerprint density at radius 1 is 1.19 bits per heavy atom. The smallest absolute Gasteiger partial charge is 0.202 e. The molecule has 0 fully saturated rings. The maximum atomic E-state index is 12.1. The molecule has 1 atom stereocenters. The Balaban J connectivity index is 0.00000338. The number of amides is 2. The van der Waals surface area contributed by atoms with E-state index in [2.05, 4.69) is 12.4 Å². The summed E-state index contributed by atoms with van der Waals surface area (Å²) in [4.78, 5) is 24.8. The van der Waals surface area contributed by atoms with Crippen molar-refractivity contribution in [1.29, 1.82) is 5.26 Å². The minimum absolute atomic E-state index is 0. The van der Waals surface area contributed by atoms with Crippen molar-refractivity contribution in [1.82, 2.24) is 10.2 Å².